The number of benzene rings is 2. The highest BCUT2D eigenvalue weighted by Crippen LogP contribution is 2.39. The summed E-state index contributed by atoms with van der Waals surface area (Å²) in [6.45, 7) is 1.62. The minimum absolute atomic E-state index is 0.374. The molecule has 0 atom stereocenters. The summed E-state index contributed by atoms with van der Waals surface area (Å²) in [6, 6.07) is 11.9. The summed E-state index contributed by atoms with van der Waals surface area (Å²) in [4.78, 5) is 31.4. The Bertz CT molecular complexity index is 1450. The first-order valence-corrected chi connectivity index (χ1v) is 11.7. The van der Waals surface area contributed by atoms with Crippen LogP contribution in [0.2, 0.25) is 0 Å². The third kappa shape index (κ3) is 3.52. The standard InChI is InChI=1S/C24H20Br2N4O2/c1-29(2)7-8-30-12-18(16-10-14(26)4-6-20(16)30)22-21(23(31)28-24(22)32)17-11-27-19-5-3-13(25)9-15(17)19/h3-6,9-12,27H,7-8H2,1-2H3,(H,28,31,32). The highest BCUT2D eigenvalue weighted by atomic mass is 79.9. The SMILES string of the molecule is CN(C)CCn1cc(C2=C(c3c[nH]c4ccc(Br)cc34)C(=O)NC2=O)c2cc(Br)ccc21. The Hall–Kier alpha value is -2.68. The first-order chi connectivity index (χ1) is 15.3. The van der Waals surface area contributed by atoms with Gasteiger partial charge in [-0.25, -0.2) is 0 Å². The summed E-state index contributed by atoms with van der Waals surface area (Å²) in [7, 11) is 4.06. The topological polar surface area (TPSA) is 70.1 Å². The molecule has 5 rings (SSSR count). The molecule has 2 aromatic heterocycles. The number of carbonyl (C=O) groups excluding carboxylic acids is 2. The lowest BCUT2D eigenvalue weighted by Crippen LogP contribution is -2.22. The highest BCUT2D eigenvalue weighted by molar-refractivity contribution is 9.10. The van der Waals surface area contributed by atoms with Crippen molar-refractivity contribution in [3.8, 4) is 0 Å². The molecule has 2 amide bonds. The Morgan fingerprint density at radius 2 is 1.56 bits per heavy atom. The number of aromatic nitrogens is 2. The maximum absolute atomic E-state index is 13.1. The molecule has 1 aliphatic heterocycles. The maximum atomic E-state index is 13.1. The van der Waals surface area contributed by atoms with Crippen LogP contribution in [0, 0.1) is 0 Å². The van der Waals surface area contributed by atoms with Crippen LogP contribution in [0.4, 0.5) is 0 Å². The van der Waals surface area contributed by atoms with Gasteiger partial charge in [-0.05, 0) is 50.5 Å². The monoisotopic (exact) mass is 554 g/mol. The number of aromatic amines is 1. The second-order valence-electron chi connectivity index (χ2n) is 8.13. The Morgan fingerprint density at radius 1 is 0.906 bits per heavy atom. The molecule has 0 spiro atoms. The van der Waals surface area contributed by atoms with Gasteiger partial charge in [0.05, 0.1) is 11.1 Å². The number of imide groups is 1. The molecule has 2 aromatic carbocycles. The first-order valence-electron chi connectivity index (χ1n) is 10.1. The van der Waals surface area contributed by atoms with E-state index in [2.05, 4.69) is 51.6 Å². The van der Waals surface area contributed by atoms with Gasteiger partial charge in [0.25, 0.3) is 11.8 Å². The molecule has 3 heterocycles. The van der Waals surface area contributed by atoms with Crippen LogP contribution in [0.15, 0.2) is 57.7 Å². The molecule has 0 saturated heterocycles. The molecule has 162 valence electrons. The van der Waals surface area contributed by atoms with E-state index < -0.39 is 0 Å². The fourth-order valence-electron chi connectivity index (χ4n) is 4.23. The lowest BCUT2D eigenvalue weighted by molar-refractivity contribution is -0.122. The zero-order valence-corrected chi connectivity index (χ0v) is 20.7. The summed E-state index contributed by atoms with van der Waals surface area (Å²) in [5.74, 6) is -0.754. The summed E-state index contributed by atoms with van der Waals surface area (Å²) in [6.07, 6.45) is 3.78. The molecule has 1 aliphatic rings. The van der Waals surface area contributed by atoms with Crippen LogP contribution in [0.1, 0.15) is 11.1 Å². The van der Waals surface area contributed by atoms with Gasteiger partial charge in [0.15, 0.2) is 0 Å². The second kappa shape index (κ2) is 8.03. The van der Waals surface area contributed by atoms with Gasteiger partial charge >= 0.3 is 0 Å². The third-order valence-electron chi connectivity index (χ3n) is 5.74. The van der Waals surface area contributed by atoms with Crippen molar-refractivity contribution in [1.82, 2.24) is 19.8 Å². The minimum Gasteiger partial charge on any atom is -0.361 e. The number of H-pyrrole nitrogens is 1. The van der Waals surface area contributed by atoms with E-state index in [0.717, 1.165) is 49.4 Å². The van der Waals surface area contributed by atoms with Gasteiger partial charge < -0.3 is 14.5 Å². The lowest BCUT2D eigenvalue weighted by atomic mass is 9.95. The largest absolute Gasteiger partial charge is 0.361 e. The molecule has 0 bridgehead atoms. The average Bonchev–Trinajstić information content (AvgIpc) is 3.38. The zero-order valence-electron chi connectivity index (χ0n) is 17.5. The van der Waals surface area contributed by atoms with Crippen molar-refractivity contribution in [3.63, 3.8) is 0 Å². The quantitative estimate of drug-likeness (QED) is 0.348. The molecule has 32 heavy (non-hydrogen) atoms. The molecule has 0 saturated carbocycles. The van der Waals surface area contributed by atoms with Crippen molar-refractivity contribution in [1.29, 1.82) is 0 Å². The maximum Gasteiger partial charge on any atom is 0.259 e. The molecule has 6 nitrogen and oxygen atoms in total. The summed E-state index contributed by atoms with van der Waals surface area (Å²) < 4.78 is 3.96. The summed E-state index contributed by atoms with van der Waals surface area (Å²) in [5, 5.41) is 4.33. The Morgan fingerprint density at radius 3 is 2.28 bits per heavy atom. The summed E-state index contributed by atoms with van der Waals surface area (Å²) >= 11 is 7.07. The number of nitrogens with zero attached hydrogens (tertiary/aromatic N) is 2. The average molecular weight is 556 g/mol. The number of likely N-dealkylation sites (N-methyl/N-ethyl adjacent to an activating group) is 1. The van der Waals surface area contributed by atoms with E-state index in [0.29, 0.717) is 16.7 Å². The van der Waals surface area contributed by atoms with Gasteiger partial charge in [-0.15, -0.1) is 0 Å². The van der Waals surface area contributed by atoms with E-state index in [4.69, 9.17) is 0 Å². The molecular weight excluding hydrogens is 536 g/mol. The smallest absolute Gasteiger partial charge is 0.259 e. The fraction of sp³-hybridized carbons (Fsp3) is 0.167. The van der Waals surface area contributed by atoms with Crippen LogP contribution in [-0.4, -0.2) is 46.9 Å². The van der Waals surface area contributed by atoms with Gasteiger partial charge in [-0.3, -0.25) is 14.9 Å². The Balaban J connectivity index is 1.78. The van der Waals surface area contributed by atoms with Crippen LogP contribution in [0.5, 0.6) is 0 Å². The second-order valence-corrected chi connectivity index (χ2v) is 9.96. The van der Waals surface area contributed by atoms with Crippen LogP contribution < -0.4 is 5.32 Å². The van der Waals surface area contributed by atoms with Crippen LogP contribution in [0.25, 0.3) is 33.0 Å². The van der Waals surface area contributed by atoms with Crippen LogP contribution in [-0.2, 0) is 16.1 Å². The van der Waals surface area contributed by atoms with E-state index in [1.165, 1.54) is 0 Å². The third-order valence-corrected chi connectivity index (χ3v) is 6.73. The van der Waals surface area contributed by atoms with E-state index >= 15 is 0 Å². The fourth-order valence-corrected chi connectivity index (χ4v) is 4.95. The Kier molecular flexibility index (Phi) is 5.31. The molecular formula is C24H20Br2N4O2. The molecule has 0 fully saturated rings. The lowest BCUT2D eigenvalue weighted by Gasteiger charge is -2.11. The van der Waals surface area contributed by atoms with E-state index in [1.54, 1.807) is 6.20 Å². The molecule has 0 unspecified atom stereocenters. The van der Waals surface area contributed by atoms with Crippen molar-refractivity contribution >= 4 is 76.6 Å². The van der Waals surface area contributed by atoms with Crippen molar-refractivity contribution in [2.45, 2.75) is 6.54 Å². The number of rotatable bonds is 5. The first kappa shape index (κ1) is 21.2. The number of hydrogen-bond acceptors (Lipinski definition) is 3. The van der Waals surface area contributed by atoms with Crippen molar-refractivity contribution in [3.05, 3.63) is 68.9 Å². The van der Waals surface area contributed by atoms with Gasteiger partial charge in [0, 0.05) is 67.4 Å². The molecule has 4 aromatic rings. The van der Waals surface area contributed by atoms with Crippen LogP contribution >= 0.6 is 31.9 Å². The van der Waals surface area contributed by atoms with Crippen molar-refractivity contribution in [2.24, 2.45) is 0 Å². The number of amides is 2. The van der Waals surface area contributed by atoms with Gasteiger partial charge in [-0.1, -0.05) is 31.9 Å². The number of fused-ring (bicyclic) bond motifs is 2. The van der Waals surface area contributed by atoms with Gasteiger partial charge in [-0.2, -0.15) is 0 Å². The number of carbonyl (C=O) groups is 2. The van der Waals surface area contributed by atoms with E-state index in [-0.39, 0.29) is 11.8 Å². The number of hydrogen-bond donors (Lipinski definition) is 2. The summed E-state index contributed by atoms with van der Waals surface area (Å²) in [5.41, 5.74) is 4.18. The van der Waals surface area contributed by atoms with Gasteiger partial charge in [0.1, 0.15) is 0 Å². The minimum atomic E-state index is -0.380. The number of nitrogens with one attached hydrogen (secondary N) is 2. The predicted molar refractivity (Wildman–Crippen MR) is 134 cm³/mol. The molecule has 8 heteroatoms. The zero-order chi connectivity index (χ0) is 22.6. The van der Waals surface area contributed by atoms with Gasteiger partial charge in [0.2, 0.25) is 0 Å². The predicted octanol–water partition coefficient (Wildman–Crippen LogP) is 4.78. The molecule has 2 N–H and O–H groups in total. The van der Waals surface area contributed by atoms with Crippen LogP contribution in [0.3, 0.4) is 0 Å². The highest BCUT2D eigenvalue weighted by Gasteiger charge is 2.35. The van der Waals surface area contributed by atoms with E-state index in [1.807, 2.05) is 56.7 Å². The van der Waals surface area contributed by atoms with E-state index in [9.17, 15) is 9.59 Å². The van der Waals surface area contributed by atoms with Crippen molar-refractivity contribution in [2.75, 3.05) is 20.6 Å². The molecule has 0 radical (unpaired) electrons. The normalized spacial score (nSPS) is 14.4. The molecule has 0 aliphatic carbocycles. The number of halogens is 2. The Labute approximate surface area is 201 Å². The van der Waals surface area contributed by atoms with Crippen molar-refractivity contribution < 1.29 is 9.59 Å².